The number of primary amides is 1. The smallest absolute Gasteiger partial charge is 0.241 e. The van der Waals surface area contributed by atoms with Crippen LogP contribution in [0.5, 0.6) is 0 Å². The standard InChI is InChI=1S/C13H18N2O/c14-13(16)9-8-12-7-4-10-15(12)11-5-2-1-3-6-11/h4,7-11H,1-3,5-6H2,(H2,14,16)/b9-8+. The second kappa shape index (κ2) is 5.01. The van der Waals surface area contributed by atoms with Crippen molar-refractivity contribution in [3.8, 4) is 0 Å². The molecule has 0 saturated heterocycles. The summed E-state index contributed by atoms with van der Waals surface area (Å²) < 4.78 is 2.26. The minimum Gasteiger partial charge on any atom is -0.366 e. The predicted molar refractivity (Wildman–Crippen MR) is 64.8 cm³/mol. The van der Waals surface area contributed by atoms with E-state index < -0.39 is 5.91 Å². The number of nitrogens with two attached hydrogens (primary N) is 1. The van der Waals surface area contributed by atoms with Crippen molar-refractivity contribution < 1.29 is 4.79 Å². The third-order valence-electron chi connectivity index (χ3n) is 3.20. The van der Waals surface area contributed by atoms with Crippen LogP contribution in [-0.2, 0) is 4.79 Å². The minimum atomic E-state index is -0.392. The lowest BCUT2D eigenvalue weighted by Gasteiger charge is -2.24. The number of aromatic nitrogens is 1. The van der Waals surface area contributed by atoms with Crippen molar-refractivity contribution in [2.24, 2.45) is 5.73 Å². The van der Waals surface area contributed by atoms with E-state index in [0.29, 0.717) is 6.04 Å². The Morgan fingerprint density at radius 3 is 2.81 bits per heavy atom. The quantitative estimate of drug-likeness (QED) is 0.778. The number of amides is 1. The van der Waals surface area contributed by atoms with Crippen molar-refractivity contribution in [2.75, 3.05) is 0 Å². The van der Waals surface area contributed by atoms with Gasteiger partial charge in [0.15, 0.2) is 0 Å². The van der Waals surface area contributed by atoms with Gasteiger partial charge in [0.2, 0.25) is 5.91 Å². The van der Waals surface area contributed by atoms with Crippen molar-refractivity contribution >= 4 is 12.0 Å². The molecule has 0 bridgehead atoms. The van der Waals surface area contributed by atoms with Crippen molar-refractivity contribution in [1.82, 2.24) is 4.57 Å². The van der Waals surface area contributed by atoms with Gasteiger partial charge in [-0.05, 0) is 31.1 Å². The Balaban J connectivity index is 2.14. The molecule has 0 aliphatic heterocycles. The highest BCUT2D eigenvalue weighted by Gasteiger charge is 2.15. The van der Waals surface area contributed by atoms with E-state index in [1.54, 1.807) is 6.08 Å². The van der Waals surface area contributed by atoms with E-state index in [4.69, 9.17) is 5.73 Å². The first-order valence-corrected chi connectivity index (χ1v) is 5.92. The molecule has 3 heteroatoms. The van der Waals surface area contributed by atoms with Crippen LogP contribution in [0.25, 0.3) is 6.08 Å². The Hall–Kier alpha value is -1.51. The average Bonchev–Trinajstić information content (AvgIpc) is 2.75. The molecule has 1 heterocycles. The molecule has 1 aromatic rings. The van der Waals surface area contributed by atoms with Crippen LogP contribution in [0.3, 0.4) is 0 Å². The normalized spacial score (nSPS) is 18.0. The van der Waals surface area contributed by atoms with Gasteiger partial charge in [0.1, 0.15) is 0 Å². The third kappa shape index (κ3) is 2.54. The Morgan fingerprint density at radius 1 is 1.38 bits per heavy atom. The molecule has 86 valence electrons. The predicted octanol–water partition coefficient (Wildman–Crippen LogP) is 2.49. The van der Waals surface area contributed by atoms with Crippen LogP contribution < -0.4 is 5.73 Å². The lowest BCUT2D eigenvalue weighted by Crippen LogP contribution is -2.13. The Morgan fingerprint density at radius 2 is 2.12 bits per heavy atom. The molecule has 3 nitrogen and oxygen atoms in total. The number of hydrogen-bond donors (Lipinski definition) is 1. The maximum absolute atomic E-state index is 10.7. The third-order valence-corrected chi connectivity index (χ3v) is 3.20. The maximum atomic E-state index is 10.7. The van der Waals surface area contributed by atoms with E-state index in [-0.39, 0.29) is 0 Å². The molecule has 0 spiro atoms. The molecule has 1 aromatic heterocycles. The lowest BCUT2D eigenvalue weighted by molar-refractivity contribution is -0.113. The second-order valence-corrected chi connectivity index (χ2v) is 4.37. The van der Waals surface area contributed by atoms with Gasteiger partial charge in [-0.25, -0.2) is 0 Å². The molecule has 0 unspecified atom stereocenters. The van der Waals surface area contributed by atoms with Crippen LogP contribution in [-0.4, -0.2) is 10.5 Å². The van der Waals surface area contributed by atoms with Gasteiger partial charge in [-0.15, -0.1) is 0 Å². The lowest BCUT2D eigenvalue weighted by atomic mass is 9.95. The molecule has 2 rings (SSSR count). The van der Waals surface area contributed by atoms with E-state index in [0.717, 1.165) is 5.69 Å². The van der Waals surface area contributed by atoms with Gasteiger partial charge in [0.05, 0.1) is 0 Å². The Bertz CT molecular complexity index is 386. The molecule has 2 N–H and O–H groups in total. The van der Waals surface area contributed by atoms with E-state index in [9.17, 15) is 4.79 Å². The fourth-order valence-corrected chi connectivity index (χ4v) is 2.41. The van der Waals surface area contributed by atoms with Crippen LogP contribution in [0.1, 0.15) is 43.8 Å². The van der Waals surface area contributed by atoms with Gasteiger partial charge in [-0.2, -0.15) is 0 Å². The summed E-state index contributed by atoms with van der Waals surface area (Å²) in [6, 6.07) is 4.64. The van der Waals surface area contributed by atoms with E-state index >= 15 is 0 Å². The van der Waals surface area contributed by atoms with Gasteiger partial charge in [-0.1, -0.05) is 19.3 Å². The molecular formula is C13H18N2O. The van der Waals surface area contributed by atoms with E-state index in [1.165, 1.54) is 38.2 Å². The molecule has 16 heavy (non-hydrogen) atoms. The zero-order valence-corrected chi connectivity index (χ0v) is 9.43. The molecule has 1 saturated carbocycles. The first-order valence-electron chi connectivity index (χ1n) is 5.92. The summed E-state index contributed by atoms with van der Waals surface area (Å²) in [6.07, 6.45) is 11.8. The highest BCUT2D eigenvalue weighted by molar-refractivity contribution is 5.90. The average molecular weight is 218 g/mol. The largest absolute Gasteiger partial charge is 0.366 e. The topological polar surface area (TPSA) is 48.0 Å². The first kappa shape index (κ1) is 11.0. The number of carbonyl (C=O) groups excluding carboxylic acids is 1. The summed E-state index contributed by atoms with van der Waals surface area (Å²) in [5.41, 5.74) is 6.18. The molecule has 0 atom stereocenters. The van der Waals surface area contributed by atoms with Crippen molar-refractivity contribution in [3.63, 3.8) is 0 Å². The van der Waals surface area contributed by atoms with Crippen LogP contribution >= 0.6 is 0 Å². The second-order valence-electron chi connectivity index (χ2n) is 4.37. The summed E-state index contributed by atoms with van der Waals surface area (Å²) in [5, 5.41) is 0. The van der Waals surface area contributed by atoms with Crippen LogP contribution in [0.15, 0.2) is 24.4 Å². The summed E-state index contributed by atoms with van der Waals surface area (Å²) in [5.74, 6) is -0.392. The Labute approximate surface area is 95.9 Å². The molecule has 0 radical (unpaired) electrons. The monoisotopic (exact) mass is 218 g/mol. The number of hydrogen-bond acceptors (Lipinski definition) is 1. The van der Waals surface area contributed by atoms with Crippen LogP contribution in [0, 0.1) is 0 Å². The van der Waals surface area contributed by atoms with Crippen LogP contribution in [0.4, 0.5) is 0 Å². The number of nitrogens with zero attached hydrogens (tertiary/aromatic N) is 1. The number of rotatable bonds is 3. The summed E-state index contributed by atoms with van der Waals surface area (Å²) >= 11 is 0. The van der Waals surface area contributed by atoms with Gasteiger partial charge in [-0.3, -0.25) is 4.79 Å². The number of carbonyl (C=O) groups is 1. The highest BCUT2D eigenvalue weighted by atomic mass is 16.1. The van der Waals surface area contributed by atoms with Crippen LogP contribution in [0.2, 0.25) is 0 Å². The molecule has 0 aromatic carbocycles. The summed E-state index contributed by atoms with van der Waals surface area (Å²) in [4.78, 5) is 10.7. The summed E-state index contributed by atoms with van der Waals surface area (Å²) in [6.45, 7) is 0. The molecule has 1 aliphatic rings. The maximum Gasteiger partial charge on any atom is 0.241 e. The molecular weight excluding hydrogens is 200 g/mol. The molecule has 1 aliphatic carbocycles. The van der Waals surface area contributed by atoms with Gasteiger partial charge in [0, 0.05) is 24.0 Å². The van der Waals surface area contributed by atoms with Gasteiger partial charge in [0.25, 0.3) is 0 Å². The summed E-state index contributed by atoms with van der Waals surface area (Å²) in [7, 11) is 0. The zero-order valence-electron chi connectivity index (χ0n) is 9.43. The highest BCUT2D eigenvalue weighted by Crippen LogP contribution is 2.29. The van der Waals surface area contributed by atoms with Crippen molar-refractivity contribution in [3.05, 3.63) is 30.1 Å². The SMILES string of the molecule is NC(=O)/C=C/c1cccn1C1CCCCC1. The Kier molecular flexibility index (Phi) is 3.44. The van der Waals surface area contributed by atoms with Crippen molar-refractivity contribution in [1.29, 1.82) is 0 Å². The zero-order chi connectivity index (χ0) is 11.4. The van der Waals surface area contributed by atoms with Gasteiger partial charge >= 0.3 is 0 Å². The first-order chi connectivity index (χ1) is 7.77. The van der Waals surface area contributed by atoms with Gasteiger partial charge < -0.3 is 10.3 Å². The minimum absolute atomic E-state index is 0.392. The molecule has 1 fully saturated rings. The fraction of sp³-hybridized carbons (Fsp3) is 0.462. The van der Waals surface area contributed by atoms with E-state index in [1.807, 2.05) is 12.1 Å². The van der Waals surface area contributed by atoms with Crippen molar-refractivity contribution in [2.45, 2.75) is 38.1 Å². The molecule has 1 amide bonds. The van der Waals surface area contributed by atoms with E-state index in [2.05, 4.69) is 10.8 Å². The fourth-order valence-electron chi connectivity index (χ4n) is 2.41.